The molecule has 58 heavy (non-hydrogen) atoms. The second-order valence-corrected chi connectivity index (χ2v) is 16.5. The molecule has 1 aromatic heterocycles. The van der Waals surface area contributed by atoms with Crippen LogP contribution >= 0.6 is 11.8 Å². The molecule has 14 heteroatoms. The lowest BCUT2D eigenvalue weighted by atomic mass is 9.91. The van der Waals surface area contributed by atoms with E-state index in [2.05, 4.69) is 37.6 Å². The third-order valence-electron chi connectivity index (χ3n) is 11.5. The Balaban J connectivity index is 0.773. The molecule has 3 aromatic rings. The summed E-state index contributed by atoms with van der Waals surface area (Å²) >= 11 is 1.55. The van der Waals surface area contributed by atoms with E-state index in [1.807, 2.05) is 35.2 Å². The molecule has 3 fully saturated rings. The van der Waals surface area contributed by atoms with Crippen molar-refractivity contribution in [1.29, 1.82) is 0 Å². The molecule has 0 saturated carbocycles. The molecule has 0 aliphatic carbocycles. The summed E-state index contributed by atoms with van der Waals surface area (Å²) in [6.07, 6.45) is 13.0. The van der Waals surface area contributed by atoms with Gasteiger partial charge in [-0.1, -0.05) is 25.0 Å². The van der Waals surface area contributed by atoms with Gasteiger partial charge >= 0.3 is 0 Å². The minimum absolute atomic E-state index is 0.0921. The van der Waals surface area contributed by atoms with Gasteiger partial charge in [0.2, 0.25) is 17.7 Å². The van der Waals surface area contributed by atoms with E-state index in [1.54, 1.807) is 48.4 Å². The number of thioether (sulfide) groups is 1. The zero-order chi connectivity index (χ0) is 40.4. The molecule has 0 bridgehead atoms. The van der Waals surface area contributed by atoms with Gasteiger partial charge in [0, 0.05) is 86.9 Å². The minimum Gasteiger partial charge on any atom is -0.369 e. The van der Waals surface area contributed by atoms with Crippen molar-refractivity contribution < 1.29 is 28.8 Å². The molecule has 13 nitrogen and oxygen atoms in total. The number of anilines is 1. The first-order valence-corrected chi connectivity index (χ1v) is 21.4. The summed E-state index contributed by atoms with van der Waals surface area (Å²) in [6, 6.07) is 16.1. The van der Waals surface area contributed by atoms with E-state index in [0.717, 1.165) is 117 Å². The van der Waals surface area contributed by atoms with Gasteiger partial charge in [0.1, 0.15) is 6.04 Å². The lowest BCUT2D eigenvalue weighted by Crippen LogP contribution is -2.54. The molecular formula is C44H51N7O6S. The smallest absolute Gasteiger partial charge is 0.263 e. The van der Waals surface area contributed by atoms with Crippen LogP contribution in [0, 0.1) is 5.92 Å². The number of fused-ring (bicyclic) bond motifs is 1. The monoisotopic (exact) mass is 805 g/mol. The van der Waals surface area contributed by atoms with Crippen LogP contribution in [0.2, 0.25) is 0 Å². The highest BCUT2D eigenvalue weighted by Gasteiger charge is 2.45. The predicted molar refractivity (Wildman–Crippen MR) is 222 cm³/mol. The van der Waals surface area contributed by atoms with E-state index in [4.69, 9.17) is 0 Å². The second kappa shape index (κ2) is 19.4. The highest BCUT2D eigenvalue weighted by atomic mass is 32.2. The molecule has 2 N–H and O–H groups in total. The van der Waals surface area contributed by atoms with Gasteiger partial charge in [-0.3, -0.25) is 48.9 Å². The molecule has 1 unspecified atom stereocenters. The Hall–Kier alpha value is -5.34. The van der Waals surface area contributed by atoms with Crippen molar-refractivity contribution in [3.05, 3.63) is 95.3 Å². The maximum absolute atomic E-state index is 13.4. The van der Waals surface area contributed by atoms with Gasteiger partial charge in [0.25, 0.3) is 17.7 Å². The number of rotatable bonds is 15. The number of likely N-dealkylation sites (tertiary alicyclic amines) is 1. The van der Waals surface area contributed by atoms with Crippen LogP contribution in [-0.2, 0) is 14.4 Å². The summed E-state index contributed by atoms with van der Waals surface area (Å²) in [5, 5.41) is 5.20. The average Bonchev–Trinajstić information content (AvgIpc) is 3.51. The normalized spacial score (nSPS) is 19.2. The maximum Gasteiger partial charge on any atom is 0.263 e. The Morgan fingerprint density at radius 2 is 1.66 bits per heavy atom. The van der Waals surface area contributed by atoms with Gasteiger partial charge in [-0.15, -0.1) is 11.8 Å². The number of benzene rings is 2. The van der Waals surface area contributed by atoms with E-state index < -0.39 is 29.7 Å². The third kappa shape index (κ3) is 10.0. The Morgan fingerprint density at radius 3 is 2.40 bits per heavy atom. The van der Waals surface area contributed by atoms with E-state index in [0.29, 0.717) is 23.6 Å². The number of amides is 6. The van der Waals surface area contributed by atoms with Gasteiger partial charge in [-0.05, 0) is 104 Å². The molecule has 4 aliphatic rings. The number of unbranched alkanes of at least 4 members (excludes halogenated alkanes) is 1. The number of carbonyl (C=O) groups excluding carboxylic acids is 6. The zero-order valence-electron chi connectivity index (χ0n) is 32.8. The van der Waals surface area contributed by atoms with E-state index in [1.165, 1.54) is 0 Å². The Bertz CT molecular complexity index is 2010. The van der Waals surface area contributed by atoms with Crippen molar-refractivity contribution in [2.24, 2.45) is 5.92 Å². The van der Waals surface area contributed by atoms with Crippen molar-refractivity contribution in [2.45, 2.75) is 62.3 Å². The highest BCUT2D eigenvalue weighted by molar-refractivity contribution is 7.99. The van der Waals surface area contributed by atoms with Crippen LogP contribution in [0.3, 0.4) is 0 Å². The fourth-order valence-corrected chi connectivity index (χ4v) is 9.21. The van der Waals surface area contributed by atoms with E-state index >= 15 is 0 Å². The lowest BCUT2D eigenvalue weighted by molar-refractivity contribution is -0.136. The van der Waals surface area contributed by atoms with Crippen molar-refractivity contribution in [3.63, 3.8) is 0 Å². The van der Waals surface area contributed by atoms with Crippen LogP contribution < -0.4 is 15.5 Å². The number of piperidine rings is 2. The van der Waals surface area contributed by atoms with Crippen molar-refractivity contribution >= 4 is 59.0 Å². The number of nitrogens with zero attached hydrogens (tertiary/aromatic N) is 5. The third-order valence-corrected chi connectivity index (χ3v) is 12.7. The molecule has 7 rings (SSSR count). The van der Waals surface area contributed by atoms with Crippen molar-refractivity contribution in [2.75, 3.05) is 63.0 Å². The second-order valence-electron chi connectivity index (χ2n) is 15.3. The molecular weight excluding hydrogens is 755 g/mol. The Kier molecular flexibility index (Phi) is 13.7. The van der Waals surface area contributed by atoms with Gasteiger partial charge in [0.05, 0.1) is 11.1 Å². The van der Waals surface area contributed by atoms with Crippen LogP contribution in [-0.4, -0.2) is 119 Å². The van der Waals surface area contributed by atoms with Crippen LogP contribution in [0.25, 0.3) is 6.08 Å². The Labute approximate surface area is 343 Å². The predicted octanol–water partition coefficient (Wildman–Crippen LogP) is 4.64. The van der Waals surface area contributed by atoms with Gasteiger partial charge in [-0.2, -0.15) is 0 Å². The zero-order valence-corrected chi connectivity index (χ0v) is 33.6. The van der Waals surface area contributed by atoms with Gasteiger partial charge < -0.3 is 15.1 Å². The first-order chi connectivity index (χ1) is 28.2. The van der Waals surface area contributed by atoms with Crippen LogP contribution in [0.1, 0.15) is 88.0 Å². The number of imide groups is 2. The lowest BCUT2D eigenvalue weighted by Gasteiger charge is -2.36. The largest absolute Gasteiger partial charge is 0.369 e. The number of aromatic nitrogens is 1. The van der Waals surface area contributed by atoms with Crippen molar-refractivity contribution in [1.82, 2.24) is 30.3 Å². The molecule has 0 spiro atoms. The molecule has 304 valence electrons. The summed E-state index contributed by atoms with van der Waals surface area (Å²) in [6.45, 7) is 6.75. The summed E-state index contributed by atoms with van der Waals surface area (Å²) in [5.74, 6) is -0.571. The SMILES string of the molecule is O=C(/C=C/c1cccnc1)NCCCCC1CCN(C(=O)c2ccc(N3CCN(CCCSc4cccc5c4C(=O)N(C4CCC(=O)NC4=O)C5=O)CC3)cc2)CC1. The summed E-state index contributed by atoms with van der Waals surface area (Å²) in [5.41, 5.74) is 3.40. The van der Waals surface area contributed by atoms with E-state index in [9.17, 15) is 28.8 Å². The average molecular weight is 806 g/mol. The first kappa shape index (κ1) is 40.8. The number of nitrogens with one attached hydrogen (secondary N) is 2. The molecule has 2 aromatic carbocycles. The first-order valence-electron chi connectivity index (χ1n) is 20.4. The molecule has 4 aliphatic heterocycles. The maximum atomic E-state index is 13.4. The number of carbonyl (C=O) groups is 6. The molecule has 5 heterocycles. The number of hydrogen-bond donors (Lipinski definition) is 2. The minimum atomic E-state index is -0.972. The Morgan fingerprint density at radius 1 is 0.862 bits per heavy atom. The summed E-state index contributed by atoms with van der Waals surface area (Å²) in [4.78, 5) is 88.6. The number of piperazine rings is 1. The topological polar surface area (TPSA) is 152 Å². The molecule has 3 saturated heterocycles. The van der Waals surface area contributed by atoms with Gasteiger partial charge in [0.15, 0.2) is 0 Å². The fourth-order valence-electron chi connectivity index (χ4n) is 8.20. The molecule has 6 amide bonds. The molecule has 0 radical (unpaired) electrons. The van der Waals surface area contributed by atoms with Gasteiger partial charge in [-0.25, -0.2) is 0 Å². The van der Waals surface area contributed by atoms with Crippen LogP contribution in [0.5, 0.6) is 0 Å². The van der Waals surface area contributed by atoms with E-state index in [-0.39, 0.29) is 24.7 Å². The van der Waals surface area contributed by atoms with Crippen molar-refractivity contribution in [3.8, 4) is 0 Å². The highest BCUT2D eigenvalue weighted by Crippen LogP contribution is 2.35. The standard InChI is InChI=1S/C44H51N7O6S/c52-38(16-10-32-7-4-20-45-30-32)46-21-2-1-6-31-18-23-50(24-19-31)42(55)33-11-13-34(14-12-33)49-27-25-48(26-28-49)22-5-29-58-37-9-3-8-35-40(37)44(57)51(43(35)56)36-15-17-39(53)47-41(36)54/h3-4,7-14,16,20,30-31,36H,1-2,5-6,15,17-19,21-29H2,(H,46,52)(H,47,53,54)/b16-10+. The number of pyridine rings is 1. The quantitative estimate of drug-likeness (QED) is 0.0963. The fraction of sp³-hybridized carbons (Fsp3) is 0.432. The molecule has 1 atom stereocenters. The number of hydrogen-bond acceptors (Lipinski definition) is 10. The summed E-state index contributed by atoms with van der Waals surface area (Å²) < 4.78 is 0. The van der Waals surface area contributed by atoms with Crippen LogP contribution in [0.15, 0.2) is 78.0 Å². The summed E-state index contributed by atoms with van der Waals surface area (Å²) in [7, 11) is 0. The van der Waals surface area contributed by atoms with Crippen LogP contribution in [0.4, 0.5) is 5.69 Å².